The molecule has 5 nitrogen and oxygen atoms in total. The highest BCUT2D eigenvalue weighted by Gasteiger charge is 2.13. The molecule has 17 heavy (non-hydrogen) atoms. The van der Waals surface area contributed by atoms with Crippen molar-refractivity contribution in [1.29, 1.82) is 0 Å². The first-order chi connectivity index (χ1) is 8.09. The third-order valence-corrected chi connectivity index (χ3v) is 3.24. The number of carbonyl (C=O) groups is 2. The monoisotopic (exact) mass is 241 g/mol. The molecule has 3 N–H and O–H groups in total. The second-order valence-electron chi connectivity index (χ2n) is 4.74. The summed E-state index contributed by atoms with van der Waals surface area (Å²) in [6.07, 6.45) is 3.45. The van der Waals surface area contributed by atoms with Crippen molar-refractivity contribution in [2.45, 2.75) is 32.6 Å². The van der Waals surface area contributed by atoms with Crippen molar-refractivity contribution in [2.24, 2.45) is 11.7 Å². The van der Waals surface area contributed by atoms with Gasteiger partial charge >= 0.3 is 0 Å². The molecule has 98 valence electrons. The largest absolute Gasteiger partial charge is 0.369 e. The Kier molecular flexibility index (Phi) is 5.97. The fraction of sp³-hybridized carbons (Fsp3) is 0.833. The van der Waals surface area contributed by atoms with Crippen LogP contribution >= 0.6 is 0 Å². The van der Waals surface area contributed by atoms with Crippen molar-refractivity contribution in [3.63, 3.8) is 0 Å². The van der Waals surface area contributed by atoms with Gasteiger partial charge in [-0.2, -0.15) is 0 Å². The van der Waals surface area contributed by atoms with E-state index >= 15 is 0 Å². The molecule has 2 amide bonds. The van der Waals surface area contributed by atoms with Gasteiger partial charge < -0.3 is 16.0 Å². The number of rotatable bonds is 7. The first-order valence-corrected chi connectivity index (χ1v) is 6.38. The van der Waals surface area contributed by atoms with E-state index in [4.69, 9.17) is 5.73 Å². The lowest BCUT2D eigenvalue weighted by Gasteiger charge is -2.14. The van der Waals surface area contributed by atoms with Gasteiger partial charge in [0.05, 0.1) is 0 Å². The molecular weight excluding hydrogens is 218 g/mol. The van der Waals surface area contributed by atoms with Crippen LogP contribution in [0.1, 0.15) is 32.6 Å². The number of nitrogens with one attached hydrogen (secondary N) is 1. The van der Waals surface area contributed by atoms with E-state index in [0.29, 0.717) is 19.4 Å². The number of primary amides is 1. The lowest BCUT2D eigenvalue weighted by Crippen LogP contribution is -2.33. The van der Waals surface area contributed by atoms with E-state index in [-0.39, 0.29) is 17.7 Å². The van der Waals surface area contributed by atoms with Crippen molar-refractivity contribution in [3.8, 4) is 0 Å². The number of likely N-dealkylation sites (tertiary alicyclic amines) is 1. The first kappa shape index (κ1) is 14.0. The summed E-state index contributed by atoms with van der Waals surface area (Å²) >= 11 is 0. The maximum atomic E-state index is 11.5. The number of carbonyl (C=O) groups excluding carboxylic acids is 2. The van der Waals surface area contributed by atoms with Crippen LogP contribution in [0.5, 0.6) is 0 Å². The van der Waals surface area contributed by atoms with Crippen LogP contribution in [0, 0.1) is 5.92 Å². The van der Waals surface area contributed by atoms with Crippen LogP contribution < -0.4 is 11.1 Å². The number of hydrogen-bond acceptors (Lipinski definition) is 3. The van der Waals surface area contributed by atoms with E-state index in [9.17, 15) is 9.59 Å². The Hall–Kier alpha value is -1.10. The zero-order valence-corrected chi connectivity index (χ0v) is 10.6. The fourth-order valence-electron chi connectivity index (χ4n) is 1.94. The average Bonchev–Trinajstić information content (AvgIpc) is 2.78. The summed E-state index contributed by atoms with van der Waals surface area (Å²) in [6.45, 7) is 5.67. The van der Waals surface area contributed by atoms with Gasteiger partial charge in [0.15, 0.2) is 0 Å². The molecule has 0 aromatic carbocycles. The third-order valence-electron chi connectivity index (χ3n) is 3.24. The highest BCUT2D eigenvalue weighted by molar-refractivity contribution is 5.79. The van der Waals surface area contributed by atoms with Gasteiger partial charge in [-0.25, -0.2) is 0 Å². The smallest absolute Gasteiger partial charge is 0.220 e. The van der Waals surface area contributed by atoms with Gasteiger partial charge in [0, 0.05) is 25.4 Å². The second-order valence-corrected chi connectivity index (χ2v) is 4.74. The Morgan fingerprint density at radius 3 is 2.59 bits per heavy atom. The Morgan fingerprint density at radius 1 is 1.35 bits per heavy atom. The molecule has 0 aromatic heterocycles. The maximum Gasteiger partial charge on any atom is 0.220 e. The Balaban J connectivity index is 2.02. The molecule has 1 rings (SSSR count). The first-order valence-electron chi connectivity index (χ1n) is 6.38. The highest BCUT2D eigenvalue weighted by Crippen LogP contribution is 2.06. The lowest BCUT2D eigenvalue weighted by atomic mass is 10.1. The van der Waals surface area contributed by atoms with Gasteiger partial charge in [-0.3, -0.25) is 9.59 Å². The van der Waals surface area contributed by atoms with Crippen LogP contribution in [0.2, 0.25) is 0 Å². The predicted molar refractivity (Wildman–Crippen MR) is 66.3 cm³/mol. The molecule has 1 atom stereocenters. The van der Waals surface area contributed by atoms with E-state index in [2.05, 4.69) is 10.2 Å². The Labute approximate surface area is 103 Å². The number of nitrogens with two attached hydrogens (primary N) is 1. The fourth-order valence-corrected chi connectivity index (χ4v) is 1.94. The van der Waals surface area contributed by atoms with E-state index in [0.717, 1.165) is 19.6 Å². The molecule has 0 spiro atoms. The van der Waals surface area contributed by atoms with Crippen LogP contribution in [-0.2, 0) is 9.59 Å². The molecule has 1 aliphatic heterocycles. The van der Waals surface area contributed by atoms with Crippen LogP contribution in [0.25, 0.3) is 0 Å². The quantitative estimate of drug-likeness (QED) is 0.664. The minimum absolute atomic E-state index is 0.0114. The molecule has 0 unspecified atom stereocenters. The summed E-state index contributed by atoms with van der Waals surface area (Å²) in [5.74, 6) is -0.550. The van der Waals surface area contributed by atoms with Gasteiger partial charge in [-0.1, -0.05) is 6.92 Å². The second kappa shape index (κ2) is 7.27. The van der Waals surface area contributed by atoms with Crippen molar-refractivity contribution in [2.75, 3.05) is 26.2 Å². The van der Waals surface area contributed by atoms with Crippen LogP contribution in [0.4, 0.5) is 0 Å². The van der Waals surface area contributed by atoms with Gasteiger partial charge in [0.2, 0.25) is 11.8 Å². The standard InChI is InChI=1S/C12H23N3O2/c1-10(12(13)17)4-5-11(16)14-6-9-15-7-2-3-8-15/h10H,2-9H2,1H3,(H2,13,17)(H,14,16)/t10-/m0/s1. The summed E-state index contributed by atoms with van der Waals surface area (Å²) in [4.78, 5) is 24.6. The zero-order chi connectivity index (χ0) is 12.7. The molecule has 0 saturated carbocycles. The highest BCUT2D eigenvalue weighted by atomic mass is 16.2. The van der Waals surface area contributed by atoms with Gasteiger partial charge in [0.25, 0.3) is 0 Å². The van der Waals surface area contributed by atoms with E-state index in [1.54, 1.807) is 6.92 Å². The minimum atomic E-state index is -0.338. The summed E-state index contributed by atoms with van der Waals surface area (Å²) in [5.41, 5.74) is 5.13. The van der Waals surface area contributed by atoms with E-state index in [1.807, 2.05) is 0 Å². The number of nitrogens with zero attached hydrogens (tertiary/aromatic N) is 1. The maximum absolute atomic E-state index is 11.5. The molecule has 1 heterocycles. The minimum Gasteiger partial charge on any atom is -0.369 e. The third kappa shape index (κ3) is 5.68. The van der Waals surface area contributed by atoms with Crippen molar-refractivity contribution >= 4 is 11.8 Å². The van der Waals surface area contributed by atoms with Crippen LogP contribution in [-0.4, -0.2) is 42.9 Å². The van der Waals surface area contributed by atoms with E-state index < -0.39 is 0 Å². The molecule has 1 fully saturated rings. The Bertz CT molecular complexity index is 262. The zero-order valence-electron chi connectivity index (χ0n) is 10.6. The molecule has 5 heteroatoms. The van der Waals surface area contributed by atoms with Crippen molar-refractivity contribution in [1.82, 2.24) is 10.2 Å². The van der Waals surface area contributed by atoms with Crippen LogP contribution in [0.15, 0.2) is 0 Å². The molecule has 0 bridgehead atoms. The molecule has 0 radical (unpaired) electrons. The average molecular weight is 241 g/mol. The summed E-state index contributed by atoms with van der Waals surface area (Å²) in [5, 5.41) is 2.87. The SMILES string of the molecule is C[C@@H](CCC(=O)NCCN1CCCC1)C(N)=O. The molecular formula is C12H23N3O2. The molecule has 1 saturated heterocycles. The molecule has 0 aliphatic carbocycles. The molecule has 0 aromatic rings. The summed E-state index contributed by atoms with van der Waals surface area (Å²) < 4.78 is 0. The molecule has 1 aliphatic rings. The van der Waals surface area contributed by atoms with Crippen molar-refractivity contribution < 1.29 is 9.59 Å². The van der Waals surface area contributed by atoms with Crippen LogP contribution in [0.3, 0.4) is 0 Å². The van der Waals surface area contributed by atoms with E-state index in [1.165, 1.54) is 12.8 Å². The van der Waals surface area contributed by atoms with Gasteiger partial charge in [-0.05, 0) is 32.4 Å². The van der Waals surface area contributed by atoms with Gasteiger partial charge in [-0.15, -0.1) is 0 Å². The lowest BCUT2D eigenvalue weighted by molar-refractivity contribution is -0.123. The number of amides is 2. The van der Waals surface area contributed by atoms with Gasteiger partial charge in [0.1, 0.15) is 0 Å². The van der Waals surface area contributed by atoms with Crippen molar-refractivity contribution in [3.05, 3.63) is 0 Å². The topological polar surface area (TPSA) is 75.4 Å². The summed E-state index contributed by atoms with van der Waals surface area (Å²) in [7, 11) is 0. The predicted octanol–water partition coefficient (Wildman–Crippen LogP) is 0.100. The number of hydrogen-bond donors (Lipinski definition) is 2. The Morgan fingerprint density at radius 2 is 2.00 bits per heavy atom. The normalized spacial score (nSPS) is 17.9. The summed E-state index contributed by atoms with van der Waals surface area (Å²) in [6, 6.07) is 0.